The number of nitrogens with zero attached hydrogens (tertiary/aromatic N) is 1. The average Bonchev–Trinajstić information content (AvgIpc) is 2.59. The molecular weight excluding hydrogens is 273 g/mol. The molecule has 2 rings (SSSR count). The van der Waals surface area contributed by atoms with Crippen LogP contribution in [0, 0.1) is 0 Å². The van der Waals surface area contributed by atoms with Crippen molar-refractivity contribution in [1.29, 1.82) is 0 Å². The first-order chi connectivity index (χ1) is 8.82. The summed E-state index contributed by atoms with van der Waals surface area (Å²) in [6, 6.07) is 6.35. The smallest absolute Gasteiger partial charge is 0.274 e. The van der Waals surface area contributed by atoms with E-state index in [1.807, 2.05) is 0 Å². The van der Waals surface area contributed by atoms with Crippen molar-refractivity contribution in [1.82, 2.24) is 4.90 Å². The Labute approximate surface area is 110 Å². The Morgan fingerprint density at radius 1 is 1.16 bits per heavy atom. The Morgan fingerprint density at radius 2 is 1.63 bits per heavy atom. The van der Waals surface area contributed by atoms with Crippen molar-refractivity contribution < 1.29 is 21.9 Å². The third kappa shape index (κ3) is 2.51. The maximum atomic E-state index is 12.7. The summed E-state index contributed by atoms with van der Waals surface area (Å²) in [4.78, 5) is 24.8. The second kappa shape index (κ2) is 4.73. The molecule has 1 aliphatic heterocycles. The van der Waals surface area contributed by atoms with Gasteiger partial charge in [0.15, 0.2) is 0 Å². The van der Waals surface area contributed by atoms with Gasteiger partial charge in [-0.05, 0) is 25.5 Å². The van der Waals surface area contributed by atoms with E-state index >= 15 is 0 Å². The third-order valence-electron chi connectivity index (χ3n) is 3.12. The molecule has 0 radical (unpaired) electrons. The van der Waals surface area contributed by atoms with Gasteiger partial charge in [0.25, 0.3) is 11.8 Å². The third-order valence-corrected chi connectivity index (χ3v) is 4.31. The van der Waals surface area contributed by atoms with Crippen LogP contribution in [0.5, 0.6) is 0 Å². The molecule has 0 saturated carbocycles. The molecular formula is C12H12FNO4S. The highest BCUT2D eigenvalue weighted by atomic mass is 32.3. The lowest BCUT2D eigenvalue weighted by molar-refractivity contribution is 0.0652. The number of hydrogen-bond donors (Lipinski definition) is 0. The zero-order valence-corrected chi connectivity index (χ0v) is 11.0. The van der Waals surface area contributed by atoms with Gasteiger partial charge in [-0.3, -0.25) is 14.5 Å². The highest BCUT2D eigenvalue weighted by Gasteiger charge is 2.35. The van der Waals surface area contributed by atoms with E-state index in [0.29, 0.717) is 11.1 Å². The average molecular weight is 285 g/mol. The maximum absolute atomic E-state index is 12.7. The van der Waals surface area contributed by atoms with Crippen LogP contribution in [0.4, 0.5) is 3.89 Å². The van der Waals surface area contributed by atoms with Gasteiger partial charge in [0, 0.05) is 6.54 Å². The van der Waals surface area contributed by atoms with E-state index in [0.717, 1.165) is 4.90 Å². The molecule has 0 N–H and O–H groups in total. The summed E-state index contributed by atoms with van der Waals surface area (Å²) in [6.45, 7) is 1.09. The Morgan fingerprint density at radius 3 is 2.05 bits per heavy atom. The van der Waals surface area contributed by atoms with E-state index in [-0.39, 0.29) is 13.0 Å². The lowest BCUT2D eigenvalue weighted by Gasteiger charge is -2.15. The molecule has 5 nitrogen and oxygen atoms in total. The Kier molecular flexibility index (Phi) is 3.40. The molecule has 1 heterocycles. The van der Waals surface area contributed by atoms with Crippen LogP contribution in [0.3, 0.4) is 0 Å². The molecule has 0 aliphatic carbocycles. The molecule has 1 aliphatic rings. The molecule has 19 heavy (non-hydrogen) atoms. The van der Waals surface area contributed by atoms with E-state index in [2.05, 4.69) is 0 Å². The van der Waals surface area contributed by atoms with Gasteiger partial charge in [0.1, 0.15) is 0 Å². The van der Waals surface area contributed by atoms with Crippen LogP contribution in [-0.2, 0) is 10.2 Å². The monoisotopic (exact) mass is 285 g/mol. The second-order valence-corrected chi connectivity index (χ2v) is 6.14. The van der Waals surface area contributed by atoms with E-state index < -0.39 is 27.3 Å². The zero-order chi connectivity index (χ0) is 14.2. The van der Waals surface area contributed by atoms with Crippen molar-refractivity contribution in [3.63, 3.8) is 0 Å². The van der Waals surface area contributed by atoms with Crippen molar-refractivity contribution in [2.75, 3.05) is 6.54 Å². The van der Waals surface area contributed by atoms with Gasteiger partial charge in [-0.1, -0.05) is 12.1 Å². The number of amides is 2. The fraction of sp³-hybridized carbons (Fsp3) is 0.333. The van der Waals surface area contributed by atoms with Gasteiger partial charge in [0.2, 0.25) is 0 Å². The number of carbonyl (C=O) groups excluding carboxylic acids is 2. The predicted molar refractivity (Wildman–Crippen MR) is 65.9 cm³/mol. The highest BCUT2D eigenvalue weighted by molar-refractivity contribution is 7.86. The molecule has 0 saturated heterocycles. The van der Waals surface area contributed by atoms with E-state index in [1.165, 1.54) is 19.1 Å². The standard InChI is InChI=1S/C12H12FNO4S/c1-8(19(13,17)18)6-7-14-11(15)9-4-2-3-5-10(9)12(14)16/h2-5,8H,6-7H2,1H3. The molecule has 1 aromatic rings. The van der Waals surface area contributed by atoms with E-state index in [1.54, 1.807) is 12.1 Å². The van der Waals surface area contributed by atoms with Crippen molar-refractivity contribution in [2.24, 2.45) is 0 Å². The van der Waals surface area contributed by atoms with Gasteiger partial charge in [-0.2, -0.15) is 8.42 Å². The van der Waals surface area contributed by atoms with Gasteiger partial charge in [-0.25, -0.2) is 0 Å². The van der Waals surface area contributed by atoms with Crippen LogP contribution < -0.4 is 0 Å². The van der Waals surface area contributed by atoms with Crippen LogP contribution >= 0.6 is 0 Å². The van der Waals surface area contributed by atoms with E-state index in [9.17, 15) is 21.9 Å². The molecule has 1 unspecified atom stereocenters. The topological polar surface area (TPSA) is 71.5 Å². The Hall–Kier alpha value is -1.76. The quantitative estimate of drug-likeness (QED) is 0.618. The molecule has 1 atom stereocenters. The molecule has 0 aromatic heterocycles. The van der Waals surface area contributed by atoms with Gasteiger partial charge in [0.05, 0.1) is 16.4 Å². The molecule has 2 amide bonds. The van der Waals surface area contributed by atoms with Crippen LogP contribution in [0.2, 0.25) is 0 Å². The first-order valence-corrected chi connectivity index (χ1v) is 7.15. The Balaban J connectivity index is 2.13. The van der Waals surface area contributed by atoms with Crippen LogP contribution in [0.1, 0.15) is 34.1 Å². The normalized spacial score (nSPS) is 16.6. The first-order valence-electron chi connectivity index (χ1n) is 5.71. The minimum absolute atomic E-state index is 0.114. The van der Waals surface area contributed by atoms with Crippen molar-refractivity contribution in [3.8, 4) is 0 Å². The molecule has 1 aromatic carbocycles. The summed E-state index contributed by atoms with van der Waals surface area (Å²) in [7, 11) is -4.65. The largest absolute Gasteiger partial charge is 0.305 e. The molecule has 0 spiro atoms. The number of carbonyl (C=O) groups is 2. The van der Waals surface area contributed by atoms with Crippen LogP contribution in [-0.4, -0.2) is 36.9 Å². The number of benzene rings is 1. The van der Waals surface area contributed by atoms with Gasteiger partial charge >= 0.3 is 10.2 Å². The molecule has 102 valence electrons. The molecule has 7 heteroatoms. The number of rotatable bonds is 4. The number of imide groups is 1. The molecule has 0 bridgehead atoms. The summed E-state index contributed by atoms with van der Waals surface area (Å²) in [5.74, 6) is -0.937. The zero-order valence-electron chi connectivity index (χ0n) is 10.2. The van der Waals surface area contributed by atoms with Crippen molar-refractivity contribution in [3.05, 3.63) is 35.4 Å². The summed E-state index contributed by atoms with van der Waals surface area (Å²) in [6.07, 6.45) is -0.121. The fourth-order valence-corrected chi connectivity index (χ4v) is 2.28. The van der Waals surface area contributed by atoms with Gasteiger partial charge < -0.3 is 0 Å². The van der Waals surface area contributed by atoms with Crippen molar-refractivity contribution in [2.45, 2.75) is 18.6 Å². The highest BCUT2D eigenvalue weighted by Crippen LogP contribution is 2.23. The first kappa shape index (κ1) is 13.7. The SMILES string of the molecule is CC(CCN1C(=O)c2ccccc2C1=O)S(=O)(=O)F. The maximum Gasteiger partial charge on any atom is 0.305 e. The summed E-state index contributed by atoms with van der Waals surface area (Å²) < 4.78 is 34.0. The van der Waals surface area contributed by atoms with Crippen LogP contribution in [0.15, 0.2) is 24.3 Å². The Bertz CT molecular complexity index is 606. The number of fused-ring (bicyclic) bond motifs is 1. The van der Waals surface area contributed by atoms with Gasteiger partial charge in [-0.15, -0.1) is 3.89 Å². The minimum Gasteiger partial charge on any atom is -0.274 e. The number of hydrogen-bond acceptors (Lipinski definition) is 4. The number of halogens is 1. The van der Waals surface area contributed by atoms with E-state index in [4.69, 9.17) is 0 Å². The summed E-state index contributed by atoms with van der Waals surface area (Å²) in [5.41, 5.74) is 0.589. The van der Waals surface area contributed by atoms with Crippen LogP contribution in [0.25, 0.3) is 0 Å². The lowest BCUT2D eigenvalue weighted by Crippen LogP contribution is -2.33. The summed E-state index contributed by atoms with van der Waals surface area (Å²) in [5, 5.41) is -1.24. The summed E-state index contributed by atoms with van der Waals surface area (Å²) >= 11 is 0. The second-order valence-electron chi connectivity index (χ2n) is 4.38. The predicted octanol–water partition coefficient (Wildman–Crippen LogP) is 1.36. The lowest BCUT2D eigenvalue weighted by atomic mass is 10.1. The fourth-order valence-electron chi connectivity index (χ4n) is 1.89. The molecule has 0 fully saturated rings. The van der Waals surface area contributed by atoms with Crippen molar-refractivity contribution >= 4 is 22.0 Å². The minimum atomic E-state index is -4.65.